The van der Waals surface area contributed by atoms with Crippen LogP contribution < -0.4 is 0 Å². The highest BCUT2D eigenvalue weighted by atomic mass is 32.2. The molecule has 0 aromatic heterocycles. The van der Waals surface area contributed by atoms with Crippen molar-refractivity contribution in [3.63, 3.8) is 0 Å². The van der Waals surface area contributed by atoms with Crippen LogP contribution >= 0.6 is 23.5 Å². The summed E-state index contributed by atoms with van der Waals surface area (Å²) in [7, 11) is 0. The first-order valence-electron chi connectivity index (χ1n) is 5.58. The number of thioether (sulfide) groups is 2. The molecule has 0 aromatic rings. The van der Waals surface area contributed by atoms with E-state index >= 15 is 0 Å². The smallest absolute Gasteiger partial charge is 0.0621 e. The molecule has 1 saturated carbocycles. The Morgan fingerprint density at radius 3 is 2.79 bits per heavy atom. The topological polar surface area (TPSA) is 9.23 Å². The highest BCUT2D eigenvalue weighted by Gasteiger charge is 2.55. The molecular formula is C11H18OS2. The van der Waals surface area contributed by atoms with Crippen LogP contribution in [0.5, 0.6) is 0 Å². The third kappa shape index (κ3) is 1.43. The van der Waals surface area contributed by atoms with Crippen molar-refractivity contribution < 1.29 is 4.74 Å². The van der Waals surface area contributed by atoms with Crippen LogP contribution in [0.1, 0.15) is 26.2 Å². The normalized spacial score (nSPS) is 45.6. The van der Waals surface area contributed by atoms with E-state index in [9.17, 15) is 0 Å². The van der Waals surface area contributed by atoms with Gasteiger partial charge in [-0.2, -0.15) is 0 Å². The number of rotatable bonds is 0. The van der Waals surface area contributed by atoms with Gasteiger partial charge in [0.05, 0.1) is 17.3 Å². The van der Waals surface area contributed by atoms with Gasteiger partial charge in [0.2, 0.25) is 0 Å². The second kappa shape index (κ2) is 3.33. The highest BCUT2D eigenvalue weighted by molar-refractivity contribution is 8.18. The highest BCUT2D eigenvalue weighted by Crippen LogP contribution is 2.62. The van der Waals surface area contributed by atoms with Gasteiger partial charge in [0, 0.05) is 0 Å². The Bertz CT molecular complexity index is 237. The Morgan fingerprint density at radius 1 is 1.29 bits per heavy atom. The first kappa shape index (κ1) is 9.86. The molecule has 0 N–H and O–H groups in total. The molecule has 0 radical (unpaired) electrons. The molecule has 80 valence electrons. The van der Waals surface area contributed by atoms with Crippen molar-refractivity contribution in [2.24, 2.45) is 11.3 Å². The van der Waals surface area contributed by atoms with E-state index in [1.54, 1.807) is 0 Å². The molecule has 1 spiro atoms. The summed E-state index contributed by atoms with van der Waals surface area (Å²) in [6.07, 6.45) is 4.20. The van der Waals surface area contributed by atoms with E-state index in [0.717, 1.165) is 19.1 Å². The Morgan fingerprint density at radius 2 is 2.07 bits per heavy atom. The molecule has 0 unspecified atom stereocenters. The summed E-state index contributed by atoms with van der Waals surface area (Å²) < 4.78 is 6.21. The van der Waals surface area contributed by atoms with Crippen LogP contribution in [0, 0.1) is 11.3 Å². The number of hydrogen-bond donors (Lipinski definition) is 0. The van der Waals surface area contributed by atoms with Gasteiger partial charge in [-0.25, -0.2) is 0 Å². The van der Waals surface area contributed by atoms with Gasteiger partial charge in [-0.15, -0.1) is 23.5 Å². The van der Waals surface area contributed by atoms with Crippen molar-refractivity contribution in [2.45, 2.75) is 30.3 Å². The lowest BCUT2D eigenvalue weighted by Gasteiger charge is -2.34. The zero-order chi connectivity index (χ0) is 9.65. The van der Waals surface area contributed by atoms with E-state index in [4.69, 9.17) is 4.74 Å². The standard InChI is InChI=1S/C11H18OS2/c1-10-7-11(13-3-2-4-14-11)5-9(10)6-12-8-10/h9H,2-8H2,1H3/t9-,10+/m1/s1. The molecule has 0 bridgehead atoms. The molecule has 1 nitrogen and oxygen atoms in total. The molecule has 14 heavy (non-hydrogen) atoms. The first-order valence-corrected chi connectivity index (χ1v) is 7.55. The van der Waals surface area contributed by atoms with Crippen molar-refractivity contribution in [1.29, 1.82) is 0 Å². The molecule has 3 heteroatoms. The van der Waals surface area contributed by atoms with Crippen LogP contribution in [0.3, 0.4) is 0 Å². The Labute approximate surface area is 94.7 Å². The molecule has 0 aromatic carbocycles. The van der Waals surface area contributed by atoms with Crippen molar-refractivity contribution >= 4 is 23.5 Å². The lowest BCUT2D eigenvalue weighted by atomic mass is 9.83. The van der Waals surface area contributed by atoms with Crippen LogP contribution in [0.2, 0.25) is 0 Å². The molecule has 3 rings (SSSR count). The molecule has 2 aliphatic heterocycles. The van der Waals surface area contributed by atoms with Gasteiger partial charge < -0.3 is 4.74 Å². The fourth-order valence-electron chi connectivity index (χ4n) is 3.15. The molecule has 3 aliphatic rings. The van der Waals surface area contributed by atoms with E-state index in [-0.39, 0.29) is 0 Å². The average molecular weight is 230 g/mol. The summed E-state index contributed by atoms with van der Waals surface area (Å²) in [5, 5.41) is 0. The predicted octanol–water partition coefficient (Wildman–Crippen LogP) is 3.00. The Hall–Kier alpha value is 0.660. The summed E-state index contributed by atoms with van der Waals surface area (Å²) in [5.41, 5.74) is 0.511. The predicted molar refractivity (Wildman–Crippen MR) is 63.9 cm³/mol. The third-order valence-corrected chi connectivity index (χ3v) is 7.35. The maximum atomic E-state index is 5.63. The molecule has 2 saturated heterocycles. The van der Waals surface area contributed by atoms with Crippen LogP contribution in [0.25, 0.3) is 0 Å². The van der Waals surface area contributed by atoms with Crippen LogP contribution in [0.4, 0.5) is 0 Å². The zero-order valence-electron chi connectivity index (χ0n) is 8.75. The maximum absolute atomic E-state index is 5.63. The van der Waals surface area contributed by atoms with Gasteiger partial charge in [-0.3, -0.25) is 0 Å². The quantitative estimate of drug-likeness (QED) is 0.633. The molecule has 0 amide bonds. The van der Waals surface area contributed by atoms with Crippen LogP contribution in [0.15, 0.2) is 0 Å². The van der Waals surface area contributed by atoms with Gasteiger partial charge in [-0.1, -0.05) is 6.92 Å². The number of ether oxygens (including phenoxy) is 1. The maximum Gasteiger partial charge on any atom is 0.0621 e. The van der Waals surface area contributed by atoms with Crippen molar-refractivity contribution in [3.8, 4) is 0 Å². The monoisotopic (exact) mass is 230 g/mol. The van der Waals surface area contributed by atoms with Gasteiger partial charge in [-0.05, 0) is 42.1 Å². The second-order valence-corrected chi connectivity index (χ2v) is 8.42. The SMILES string of the molecule is C[C@]12COC[C@H]1CC1(C2)SCCCS1. The molecule has 2 atom stereocenters. The fraction of sp³-hybridized carbons (Fsp3) is 1.00. The average Bonchev–Trinajstić information content (AvgIpc) is 2.58. The second-order valence-electron chi connectivity index (χ2n) is 5.21. The summed E-state index contributed by atoms with van der Waals surface area (Å²) in [6.45, 7) is 4.48. The molecular weight excluding hydrogens is 212 g/mol. The summed E-state index contributed by atoms with van der Waals surface area (Å²) in [6, 6.07) is 0. The number of fused-ring (bicyclic) bond motifs is 1. The zero-order valence-corrected chi connectivity index (χ0v) is 10.4. The van der Waals surface area contributed by atoms with E-state index in [1.807, 2.05) is 0 Å². The van der Waals surface area contributed by atoms with E-state index < -0.39 is 0 Å². The lowest BCUT2D eigenvalue weighted by Crippen LogP contribution is -2.25. The van der Waals surface area contributed by atoms with Gasteiger partial charge in [0.1, 0.15) is 0 Å². The van der Waals surface area contributed by atoms with E-state index in [2.05, 4.69) is 30.4 Å². The van der Waals surface area contributed by atoms with Gasteiger partial charge in [0.25, 0.3) is 0 Å². The van der Waals surface area contributed by atoms with Crippen LogP contribution in [-0.2, 0) is 4.74 Å². The van der Waals surface area contributed by atoms with Crippen molar-refractivity contribution in [1.82, 2.24) is 0 Å². The first-order chi connectivity index (χ1) is 6.73. The molecule has 2 heterocycles. The largest absolute Gasteiger partial charge is 0.381 e. The van der Waals surface area contributed by atoms with E-state index in [1.165, 1.54) is 30.8 Å². The van der Waals surface area contributed by atoms with E-state index in [0.29, 0.717) is 9.49 Å². The minimum absolute atomic E-state index is 0.511. The summed E-state index contributed by atoms with van der Waals surface area (Å²) in [5.74, 6) is 3.62. The Balaban J connectivity index is 1.79. The van der Waals surface area contributed by atoms with Gasteiger partial charge >= 0.3 is 0 Å². The third-order valence-electron chi connectivity index (χ3n) is 3.99. The summed E-state index contributed by atoms with van der Waals surface area (Å²) in [4.78, 5) is 0. The minimum Gasteiger partial charge on any atom is -0.381 e. The molecule has 3 fully saturated rings. The van der Waals surface area contributed by atoms with Crippen molar-refractivity contribution in [3.05, 3.63) is 0 Å². The van der Waals surface area contributed by atoms with Crippen molar-refractivity contribution in [2.75, 3.05) is 24.7 Å². The summed E-state index contributed by atoms with van der Waals surface area (Å²) >= 11 is 4.47. The Kier molecular flexibility index (Phi) is 2.34. The number of hydrogen-bond acceptors (Lipinski definition) is 3. The fourth-order valence-corrected chi connectivity index (χ4v) is 6.99. The minimum atomic E-state index is 0.511. The van der Waals surface area contributed by atoms with Gasteiger partial charge in [0.15, 0.2) is 0 Å². The lowest BCUT2D eigenvalue weighted by molar-refractivity contribution is 0.154. The van der Waals surface area contributed by atoms with Crippen LogP contribution in [-0.4, -0.2) is 28.8 Å². The molecule has 1 aliphatic carbocycles.